The number of hydrogen-bond acceptors (Lipinski definition) is 2. The fraction of sp³-hybridized carbons (Fsp3) is 0.118. The number of furan rings is 1. The Morgan fingerprint density at radius 1 is 1.05 bits per heavy atom. The minimum absolute atomic E-state index is 0.0845. The minimum atomic E-state index is -0.199. The SMILES string of the molecule is C[C@H](NC(=O)c1ccco1)c1cccc2ccccc12. The topological polar surface area (TPSA) is 42.2 Å². The van der Waals surface area contributed by atoms with Crippen LogP contribution in [0.4, 0.5) is 0 Å². The molecule has 1 N–H and O–H groups in total. The van der Waals surface area contributed by atoms with E-state index in [1.54, 1.807) is 12.1 Å². The third kappa shape index (κ3) is 2.30. The van der Waals surface area contributed by atoms with E-state index in [2.05, 4.69) is 23.5 Å². The number of amides is 1. The second kappa shape index (κ2) is 5.21. The summed E-state index contributed by atoms with van der Waals surface area (Å²) in [4.78, 5) is 12.0. The molecule has 0 saturated heterocycles. The molecule has 3 rings (SSSR count). The maximum atomic E-state index is 12.0. The molecule has 0 saturated carbocycles. The number of rotatable bonds is 3. The molecule has 100 valence electrons. The smallest absolute Gasteiger partial charge is 0.287 e. The highest BCUT2D eigenvalue weighted by Crippen LogP contribution is 2.24. The molecule has 0 fully saturated rings. The predicted molar refractivity (Wildman–Crippen MR) is 78.5 cm³/mol. The van der Waals surface area contributed by atoms with Gasteiger partial charge in [0, 0.05) is 0 Å². The van der Waals surface area contributed by atoms with Gasteiger partial charge in [0.1, 0.15) is 0 Å². The molecule has 1 atom stereocenters. The number of nitrogens with one attached hydrogen (secondary N) is 1. The van der Waals surface area contributed by atoms with Crippen LogP contribution in [-0.4, -0.2) is 5.91 Å². The molecule has 1 amide bonds. The summed E-state index contributed by atoms with van der Waals surface area (Å²) >= 11 is 0. The Morgan fingerprint density at radius 3 is 2.65 bits per heavy atom. The van der Waals surface area contributed by atoms with Crippen molar-refractivity contribution in [1.29, 1.82) is 0 Å². The Bertz CT molecular complexity index is 726. The average Bonchev–Trinajstić information content (AvgIpc) is 3.01. The molecule has 1 heterocycles. The van der Waals surface area contributed by atoms with Crippen molar-refractivity contribution >= 4 is 16.7 Å². The molecule has 20 heavy (non-hydrogen) atoms. The van der Waals surface area contributed by atoms with Crippen molar-refractivity contribution in [3.8, 4) is 0 Å². The maximum Gasteiger partial charge on any atom is 0.287 e. The Labute approximate surface area is 117 Å². The van der Waals surface area contributed by atoms with Crippen LogP contribution >= 0.6 is 0 Å². The summed E-state index contributed by atoms with van der Waals surface area (Å²) in [5.41, 5.74) is 1.10. The van der Waals surface area contributed by atoms with Crippen molar-refractivity contribution in [2.24, 2.45) is 0 Å². The predicted octanol–water partition coefficient (Wildman–Crippen LogP) is 3.92. The van der Waals surface area contributed by atoms with Crippen LogP contribution in [0.2, 0.25) is 0 Å². The van der Waals surface area contributed by atoms with Gasteiger partial charge in [0.15, 0.2) is 5.76 Å². The molecule has 3 nitrogen and oxygen atoms in total. The van der Waals surface area contributed by atoms with E-state index in [0.717, 1.165) is 10.9 Å². The van der Waals surface area contributed by atoms with E-state index >= 15 is 0 Å². The van der Waals surface area contributed by atoms with Crippen molar-refractivity contribution in [3.63, 3.8) is 0 Å². The minimum Gasteiger partial charge on any atom is -0.459 e. The van der Waals surface area contributed by atoms with Gasteiger partial charge in [0.2, 0.25) is 0 Å². The summed E-state index contributed by atoms with van der Waals surface area (Å²) in [5.74, 6) is 0.132. The Morgan fingerprint density at radius 2 is 1.85 bits per heavy atom. The van der Waals surface area contributed by atoms with Crippen molar-refractivity contribution in [2.45, 2.75) is 13.0 Å². The fourth-order valence-corrected chi connectivity index (χ4v) is 2.38. The number of benzene rings is 2. The van der Waals surface area contributed by atoms with Gasteiger partial charge in [-0.25, -0.2) is 0 Å². The van der Waals surface area contributed by atoms with E-state index < -0.39 is 0 Å². The molecule has 0 unspecified atom stereocenters. The first-order chi connectivity index (χ1) is 9.75. The average molecular weight is 265 g/mol. The summed E-state index contributed by atoms with van der Waals surface area (Å²) in [6, 6.07) is 17.6. The molecule has 0 bridgehead atoms. The van der Waals surface area contributed by atoms with Gasteiger partial charge in [-0.05, 0) is 35.4 Å². The van der Waals surface area contributed by atoms with Crippen LogP contribution in [0.5, 0.6) is 0 Å². The maximum absolute atomic E-state index is 12.0. The van der Waals surface area contributed by atoms with Gasteiger partial charge in [-0.3, -0.25) is 4.79 Å². The number of hydrogen-bond donors (Lipinski definition) is 1. The van der Waals surface area contributed by atoms with Gasteiger partial charge in [-0.2, -0.15) is 0 Å². The zero-order chi connectivity index (χ0) is 13.9. The lowest BCUT2D eigenvalue weighted by Crippen LogP contribution is -2.26. The lowest BCUT2D eigenvalue weighted by Gasteiger charge is -2.15. The fourth-order valence-electron chi connectivity index (χ4n) is 2.38. The second-order valence-corrected chi connectivity index (χ2v) is 4.74. The summed E-state index contributed by atoms with van der Waals surface area (Å²) < 4.78 is 5.11. The quantitative estimate of drug-likeness (QED) is 0.779. The molecule has 0 spiro atoms. The van der Waals surface area contributed by atoms with Gasteiger partial charge in [0.25, 0.3) is 5.91 Å². The van der Waals surface area contributed by atoms with Crippen molar-refractivity contribution in [3.05, 3.63) is 72.2 Å². The van der Waals surface area contributed by atoms with Crippen molar-refractivity contribution < 1.29 is 9.21 Å². The Hall–Kier alpha value is -2.55. The summed E-state index contributed by atoms with van der Waals surface area (Å²) in [6.07, 6.45) is 1.50. The van der Waals surface area contributed by atoms with Crippen LogP contribution < -0.4 is 5.32 Å². The van der Waals surface area contributed by atoms with Gasteiger partial charge < -0.3 is 9.73 Å². The highest BCUT2D eigenvalue weighted by molar-refractivity contribution is 5.92. The Kier molecular flexibility index (Phi) is 3.25. The van der Waals surface area contributed by atoms with Gasteiger partial charge >= 0.3 is 0 Å². The van der Waals surface area contributed by atoms with Gasteiger partial charge in [0.05, 0.1) is 12.3 Å². The van der Waals surface area contributed by atoms with E-state index in [1.165, 1.54) is 11.6 Å². The molecule has 3 aromatic rings. The molecule has 1 aromatic heterocycles. The highest BCUT2D eigenvalue weighted by Gasteiger charge is 2.14. The van der Waals surface area contributed by atoms with Crippen molar-refractivity contribution in [2.75, 3.05) is 0 Å². The molecular formula is C17H15NO2. The third-order valence-electron chi connectivity index (χ3n) is 3.38. The van der Waals surface area contributed by atoms with Crippen LogP contribution in [0.25, 0.3) is 10.8 Å². The van der Waals surface area contributed by atoms with E-state index in [-0.39, 0.29) is 11.9 Å². The van der Waals surface area contributed by atoms with E-state index in [4.69, 9.17) is 4.42 Å². The first-order valence-electron chi connectivity index (χ1n) is 6.58. The standard InChI is InChI=1S/C17H15NO2/c1-12(18-17(19)16-10-5-11-20-16)14-9-4-7-13-6-2-3-8-15(13)14/h2-12H,1H3,(H,18,19)/t12-/m0/s1. The third-order valence-corrected chi connectivity index (χ3v) is 3.38. The van der Waals surface area contributed by atoms with Gasteiger partial charge in [-0.1, -0.05) is 42.5 Å². The van der Waals surface area contributed by atoms with Crippen LogP contribution in [0, 0.1) is 0 Å². The number of fused-ring (bicyclic) bond motifs is 1. The second-order valence-electron chi connectivity index (χ2n) is 4.74. The molecule has 0 aliphatic carbocycles. The zero-order valence-electron chi connectivity index (χ0n) is 11.2. The molecule has 2 aromatic carbocycles. The summed E-state index contributed by atoms with van der Waals surface area (Å²) in [7, 11) is 0. The van der Waals surface area contributed by atoms with E-state index in [1.807, 2.05) is 31.2 Å². The molecule has 0 aliphatic heterocycles. The summed E-state index contributed by atoms with van der Waals surface area (Å²) in [5, 5.41) is 5.28. The first kappa shape index (κ1) is 12.5. The largest absolute Gasteiger partial charge is 0.459 e. The van der Waals surface area contributed by atoms with Gasteiger partial charge in [-0.15, -0.1) is 0 Å². The van der Waals surface area contributed by atoms with Crippen LogP contribution in [0.3, 0.4) is 0 Å². The highest BCUT2D eigenvalue weighted by atomic mass is 16.3. The Balaban J connectivity index is 1.89. The van der Waals surface area contributed by atoms with E-state index in [9.17, 15) is 4.79 Å². The lowest BCUT2D eigenvalue weighted by molar-refractivity contribution is 0.0912. The molecule has 0 radical (unpaired) electrons. The summed E-state index contributed by atoms with van der Waals surface area (Å²) in [6.45, 7) is 1.97. The van der Waals surface area contributed by atoms with E-state index in [0.29, 0.717) is 5.76 Å². The zero-order valence-corrected chi connectivity index (χ0v) is 11.2. The monoisotopic (exact) mass is 265 g/mol. The lowest BCUT2D eigenvalue weighted by atomic mass is 9.99. The van der Waals surface area contributed by atoms with Crippen LogP contribution in [-0.2, 0) is 0 Å². The normalized spacial score (nSPS) is 12.2. The number of carbonyl (C=O) groups excluding carboxylic acids is 1. The first-order valence-corrected chi connectivity index (χ1v) is 6.58. The number of carbonyl (C=O) groups is 1. The molecule has 3 heteroatoms. The van der Waals surface area contributed by atoms with Crippen molar-refractivity contribution in [1.82, 2.24) is 5.32 Å². The molecule has 0 aliphatic rings. The van der Waals surface area contributed by atoms with Crippen LogP contribution in [0.15, 0.2) is 65.3 Å². The molecular weight excluding hydrogens is 250 g/mol. The van der Waals surface area contributed by atoms with Crippen LogP contribution in [0.1, 0.15) is 29.1 Å².